The molecule has 3 heterocycles. The van der Waals surface area contributed by atoms with E-state index >= 15 is 0 Å². The number of benzene rings is 1. The van der Waals surface area contributed by atoms with Crippen LogP contribution in [-0.4, -0.2) is 62.5 Å². The van der Waals surface area contributed by atoms with Crippen LogP contribution >= 0.6 is 11.3 Å². The van der Waals surface area contributed by atoms with Crippen LogP contribution in [0.2, 0.25) is 0 Å². The van der Waals surface area contributed by atoms with E-state index in [-0.39, 0.29) is 12.5 Å². The number of nitrogens with one attached hydrogen (secondary N) is 1. The molecular formula is C22H26N2O5S. The van der Waals surface area contributed by atoms with Crippen molar-refractivity contribution in [2.45, 2.75) is 25.6 Å². The van der Waals surface area contributed by atoms with E-state index in [1.54, 1.807) is 0 Å². The second-order valence-corrected chi connectivity index (χ2v) is 8.75. The minimum absolute atomic E-state index is 0.148. The number of methoxy groups -OCH3 is 1. The van der Waals surface area contributed by atoms with Crippen LogP contribution in [-0.2, 0) is 19.0 Å². The van der Waals surface area contributed by atoms with Gasteiger partial charge in [-0.1, -0.05) is 30.3 Å². The van der Waals surface area contributed by atoms with Crippen LogP contribution in [0, 0.1) is 6.92 Å². The maximum Gasteiger partial charge on any atom is 0.341 e. The van der Waals surface area contributed by atoms with Gasteiger partial charge in [-0.3, -0.25) is 9.69 Å². The molecule has 30 heavy (non-hydrogen) atoms. The highest BCUT2D eigenvalue weighted by atomic mass is 32.1. The Balaban J connectivity index is 1.47. The first-order chi connectivity index (χ1) is 14.5. The Labute approximate surface area is 179 Å². The number of hydrogen-bond donors (Lipinski definition) is 1. The highest BCUT2D eigenvalue weighted by molar-refractivity contribution is 7.17. The number of nitrogens with zero attached hydrogens (tertiary/aromatic N) is 1. The van der Waals surface area contributed by atoms with Crippen LogP contribution in [0.1, 0.15) is 28.1 Å². The predicted octanol–water partition coefficient (Wildman–Crippen LogP) is 3.29. The Morgan fingerprint density at radius 2 is 1.83 bits per heavy atom. The molecule has 4 rings (SSSR count). The Morgan fingerprint density at radius 3 is 2.47 bits per heavy atom. The molecule has 0 bridgehead atoms. The molecule has 1 aromatic carbocycles. The molecule has 2 aromatic rings. The maximum atomic E-state index is 12.8. The van der Waals surface area contributed by atoms with Gasteiger partial charge in [0.25, 0.3) is 0 Å². The number of amides is 1. The fraction of sp³-hybridized carbons (Fsp3) is 0.455. The molecule has 1 N–H and O–H groups in total. The summed E-state index contributed by atoms with van der Waals surface area (Å²) >= 11 is 1.39. The molecule has 2 fully saturated rings. The van der Waals surface area contributed by atoms with Gasteiger partial charge >= 0.3 is 5.97 Å². The molecule has 8 heteroatoms. The van der Waals surface area contributed by atoms with E-state index < -0.39 is 11.8 Å². The molecule has 7 nitrogen and oxygen atoms in total. The summed E-state index contributed by atoms with van der Waals surface area (Å²) in [5, 5.41) is 3.47. The highest BCUT2D eigenvalue weighted by Gasteiger charge is 2.40. The van der Waals surface area contributed by atoms with Crippen molar-refractivity contribution in [3.63, 3.8) is 0 Å². The number of piperidine rings is 1. The Kier molecular flexibility index (Phi) is 6.19. The summed E-state index contributed by atoms with van der Waals surface area (Å²) in [6, 6.07) is 9.67. The number of anilines is 1. The van der Waals surface area contributed by atoms with Crippen molar-refractivity contribution < 1.29 is 23.8 Å². The van der Waals surface area contributed by atoms with E-state index in [1.807, 2.05) is 37.3 Å². The fourth-order valence-corrected chi connectivity index (χ4v) is 5.17. The number of thiophene rings is 1. The Hall–Kier alpha value is -2.26. The monoisotopic (exact) mass is 430 g/mol. The summed E-state index contributed by atoms with van der Waals surface area (Å²) in [6.07, 6.45) is 1.51. The molecule has 0 atom stereocenters. The number of carbonyl (C=O) groups is 2. The lowest BCUT2D eigenvalue weighted by molar-refractivity contribution is -0.185. The normalized spacial score (nSPS) is 18.5. The van der Waals surface area contributed by atoms with E-state index in [1.165, 1.54) is 18.4 Å². The zero-order valence-corrected chi connectivity index (χ0v) is 18.0. The zero-order chi connectivity index (χ0) is 21.1. The summed E-state index contributed by atoms with van der Waals surface area (Å²) < 4.78 is 16.5. The van der Waals surface area contributed by atoms with Crippen molar-refractivity contribution in [3.05, 3.63) is 40.8 Å². The standard InChI is InChI=1S/C22H26N2O5S/c1-15-18(16-6-4-3-5-7-16)19(21(26)27-2)20(30-15)23-17(25)14-24-10-8-22(9-11-24)28-12-13-29-22/h3-7H,8-14H2,1-2H3,(H,23,25). The molecular weight excluding hydrogens is 404 g/mol. The first kappa shape index (κ1) is 21.0. The molecule has 1 aromatic heterocycles. The fourth-order valence-electron chi connectivity index (χ4n) is 4.09. The largest absolute Gasteiger partial charge is 0.465 e. The third-order valence-corrected chi connectivity index (χ3v) is 6.61. The van der Waals surface area contributed by atoms with E-state index in [4.69, 9.17) is 14.2 Å². The molecule has 160 valence electrons. The second kappa shape index (κ2) is 8.85. The average molecular weight is 431 g/mol. The van der Waals surface area contributed by atoms with Crippen molar-refractivity contribution >= 4 is 28.2 Å². The van der Waals surface area contributed by atoms with Gasteiger partial charge in [0, 0.05) is 36.4 Å². The van der Waals surface area contributed by atoms with Gasteiger partial charge in [-0.2, -0.15) is 0 Å². The van der Waals surface area contributed by atoms with Gasteiger partial charge < -0.3 is 19.5 Å². The number of esters is 1. The van der Waals surface area contributed by atoms with Gasteiger partial charge in [0.2, 0.25) is 5.91 Å². The van der Waals surface area contributed by atoms with Crippen molar-refractivity contribution in [2.24, 2.45) is 0 Å². The minimum atomic E-state index is -0.458. The van der Waals surface area contributed by atoms with Gasteiger partial charge in [-0.25, -0.2) is 4.79 Å². The summed E-state index contributed by atoms with van der Waals surface area (Å²) in [7, 11) is 1.35. The molecule has 1 amide bonds. The number of carbonyl (C=O) groups excluding carboxylic acids is 2. The maximum absolute atomic E-state index is 12.8. The minimum Gasteiger partial charge on any atom is -0.465 e. The van der Waals surface area contributed by atoms with Gasteiger partial charge in [-0.15, -0.1) is 11.3 Å². The Morgan fingerprint density at radius 1 is 1.17 bits per heavy atom. The first-order valence-electron chi connectivity index (χ1n) is 10.1. The van der Waals surface area contributed by atoms with E-state index in [0.29, 0.717) is 23.8 Å². The molecule has 0 saturated carbocycles. The molecule has 2 aliphatic rings. The van der Waals surface area contributed by atoms with Gasteiger partial charge in [0.1, 0.15) is 10.6 Å². The van der Waals surface area contributed by atoms with Crippen LogP contribution in [0.25, 0.3) is 11.1 Å². The lowest BCUT2D eigenvalue weighted by Gasteiger charge is -2.37. The predicted molar refractivity (Wildman–Crippen MR) is 115 cm³/mol. The molecule has 0 aliphatic carbocycles. The van der Waals surface area contributed by atoms with Crippen LogP contribution in [0.3, 0.4) is 0 Å². The van der Waals surface area contributed by atoms with Crippen LogP contribution < -0.4 is 5.32 Å². The van der Waals surface area contributed by atoms with Crippen molar-refractivity contribution in [2.75, 3.05) is 45.3 Å². The third-order valence-electron chi connectivity index (χ3n) is 5.59. The van der Waals surface area contributed by atoms with Gasteiger partial charge in [-0.05, 0) is 12.5 Å². The summed E-state index contributed by atoms with van der Waals surface area (Å²) in [5.74, 6) is -1.06. The summed E-state index contributed by atoms with van der Waals surface area (Å²) in [5.41, 5.74) is 2.13. The van der Waals surface area contributed by atoms with Crippen LogP contribution in [0.5, 0.6) is 0 Å². The van der Waals surface area contributed by atoms with Gasteiger partial charge in [0.05, 0.1) is 26.9 Å². The zero-order valence-electron chi connectivity index (χ0n) is 17.2. The van der Waals surface area contributed by atoms with Crippen LogP contribution in [0.15, 0.2) is 30.3 Å². The van der Waals surface area contributed by atoms with Crippen molar-refractivity contribution in [1.29, 1.82) is 0 Å². The van der Waals surface area contributed by atoms with Crippen molar-refractivity contribution in [1.82, 2.24) is 4.90 Å². The first-order valence-corrected chi connectivity index (χ1v) is 10.9. The van der Waals surface area contributed by atoms with E-state index in [9.17, 15) is 9.59 Å². The topological polar surface area (TPSA) is 77.1 Å². The SMILES string of the molecule is COC(=O)c1c(NC(=O)CN2CCC3(CC2)OCCO3)sc(C)c1-c1ccccc1. The Bertz CT molecular complexity index is 911. The quantitative estimate of drug-likeness (QED) is 0.734. The third kappa shape index (κ3) is 4.27. The number of ether oxygens (including phenoxy) is 3. The number of likely N-dealkylation sites (tertiary alicyclic amines) is 1. The number of rotatable bonds is 5. The lowest BCUT2D eigenvalue weighted by atomic mass is 10.0. The second-order valence-electron chi connectivity index (χ2n) is 7.53. The molecule has 2 aliphatic heterocycles. The molecule has 1 spiro atoms. The number of aryl methyl sites for hydroxylation is 1. The summed E-state index contributed by atoms with van der Waals surface area (Å²) in [6.45, 7) is 4.94. The van der Waals surface area contributed by atoms with E-state index in [0.717, 1.165) is 41.9 Å². The molecule has 0 radical (unpaired) electrons. The van der Waals surface area contributed by atoms with Crippen molar-refractivity contribution in [3.8, 4) is 11.1 Å². The smallest absolute Gasteiger partial charge is 0.341 e. The lowest BCUT2D eigenvalue weighted by Crippen LogP contribution is -2.47. The van der Waals surface area contributed by atoms with Gasteiger partial charge in [0.15, 0.2) is 5.79 Å². The molecule has 0 unspecified atom stereocenters. The number of hydrogen-bond acceptors (Lipinski definition) is 7. The average Bonchev–Trinajstić information content (AvgIpc) is 3.34. The van der Waals surface area contributed by atoms with E-state index in [2.05, 4.69) is 10.2 Å². The summed E-state index contributed by atoms with van der Waals surface area (Å²) in [4.78, 5) is 28.3. The van der Waals surface area contributed by atoms with Crippen LogP contribution in [0.4, 0.5) is 5.00 Å². The highest BCUT2D eigenvalue weighted by Crippen LogP contribution is 2.40. The molecule has 2 saturated heterocycles.